The third-order valence-electron chi connectivity index (χ3n) is 3.78. The van der Waals surface area contributed by atoms with Gasteiger partial charge in [-0.15, -0.1) is 0 Å². The van der Waals surface area contributed by atoms with Crippen LogP contribution in [0.1, 0.15) is 55.3 Å². The number of benzene rings is 1. The molecular weight excluding hydrogens is 295 g/mol. The maximum Gasteiger partial charge on any atom is 0.251 e. The normalized spacial score (nSPS) is 17.3. The molecular formula is C15H20Cl2N2O. The third kappa shape index (κ3) is 4.03. The van der Waals surface area contributed by atoms with Crippen LogP contribution in [-0.4, -0.2) is 11.9 Å². The minimum atomic E-state index is -0.126. The SMILES string of the molecule is Nc1c(Cl)cc(C(=O)NC2CCCCCCC2)cc1Cl. The Bertz CT molecular complexity index is 460. The van der Waals surface area contributed by atoms with E-state index in [2.05, 4.69) is 5.32 Å². The number of carbonyl (C=O) groups is 1. The van der Waals surface area contributed by atoms with Gasteiger partial charge in [0.25, 0.3) is 5.91 Å². The zero-order valence-corrected chi connectivity index (χ0v) is 12.9. The molecule has 110 valence electrons. The van der Waals surface area contributed by atoms with Crippen molar-refractivity contribution < 1.29 is 4.79 Å². The second-order valence-electron chi connectivity index (χ2n) is 5.37. The van der Waals surface area contributed by atoms with E-state index in [1.807, 2.05) is 0 Å². The average molecular weight is 315 g/mol. The number of hydrogen-bond acceptors (Lipinski definition) is 2. The van der Waals surface area contributed by atoms with E-state index < -0.39 is 0 Å². The Balaban J connectivity index is 2.03. The molecule has 1 aromatic rings. The molecule has 1 saturated carbocycles. The zero-order valence-electron chi connectivity index (χ0n) is 11.4. The van der Waals surface area contributed by atoms with Gasteiger partial charge >= 0.3 is 0 Å². The Morgan fingerprint density at radius 3 is 2.10 bits per heavy atom. The van der Waals surface area contributed by atoms with Gasteiger partial charge in [0.15, 0.2) is 0 Å². The molecule has 0 radical (unpaired) electrons. The van der Waals surface area contributed by atoms with Crippen LogP contribution in [0.25, 0.3) is 0 Å². The summed E-state index contributed by atoms with van der Waals surface area (Å²) in [5, 5.41) is 3.72. The summed E-state index contributed by atoms with van der Waals surface area (Å²) in [5.74, 6) is -0.126. The Morgan fingerprint density at radius 2 is 1.55 bits per heavy atom. The van der Waals surface area contributed by atoms with Gasteiger partial charge in [-0.1, -0.05) is 55.3 Å². The topological polar surface area (TPSA) is 55.1 Å². The minimum Gasteiger partial charge on any atom is -0.396 e. The van der Waals surface area contributed by atoms with Crippen LogP contribution < -0.4 is 11.1 Å². The lowest BCUT2D eigenvalue weighted by Gasteiger charge is -2.21. The maximum atomic E-state index is 12.3. The highest BCUT2D eigenvalue weighted by molar-refractivity contribution is 6.39. The standard InChI is InChI=1S/C15H20Cl2N2O/c16-12-8-10(9-13(17)14(12)18)15(20)19-11-6-4-2-1-3-5-7-11/h8-9,11H,1-7,18H2,(H,19,20). The van der Waals surface area contributed by atoms with Gasteiger partial charge in [-0.25, -0.2) is 0 Å². The number of anilines is 1. The number of rotatable bonds is 2. The van der Waals surface area contributed by atoms with Gasteiger partial charge in [-0.3, -0.25) is 4.79 Å². The van der Waals surface area contributed by atoms with Crippen LogP contribution in [0.15, 0.2) is 12.1 Å². The van der Waals surface area contributed by atoms with Crippen LogP contribution in [0.3, 0.4) is 0 Å². The van der Waals surface area contributed by atoms with Gasteiger partial charge in [-0.2, -0.15) is 0 Å². The fourth-order valence-electron chi connectivity index (χ4n) is 2.58. The van der Waals surface area contributed by atoms with Crippen LogP contribution in [0.4, 0.5) is 5.69 Å². The number of nitrogens with two attached hydrogens (primary N) is 1. The van der Waals surface area contributed by atoms with Crippen molar-refractivity contribution >= 4 is 34.8 Å². The summed E-state index contributed by atoms with van der Waals surface area (Å²) >= 11 is 11.9. The first-order valence-corrected chi connectivity index (χ1v) is 7.89. The van der Waals surface area contributed by atoms with E-state index in [9.17, 15) is 4.79 Å². The lowest BCUT2D eigenvalue weighted by Crippen LogP contribution is -2.35. The highest BCUT2D eigenvalue weighted by atomic mass is 35.5. The van der Waals surface area contributed by atoms with Crippen molar-refractivity contribution in [1.82, 2.24) is 5.32 Å². The first-order valence-electron chi connectivity index (χ1n) is 7.13. The first kappa shape index (κ1) is 15.5. The molecule has 1 aliphatic rings. The molecule has 1 fully saturated rings. The van der Waals surface area contributed by atoms with Gasteiger partial charge < -0.3 is 11.1 Å². The molecule has 0 heterocycles. The Hall–Kier alpha value is -0.930. The van der Waals surface area contributed by atoms with E-state index in [4.69, 9.17) is 28.9 Å². The van der Waals surface area contributed by atoms with Crippen LogP contribution in [-0.2, 0) is 0 Å². The quantitative estimate of drug-likeness (QED) is 0.794. The van der Waals surface area contributed by atoms with E-state index in [1.54, 1.807) is 12.1 Å². The van der Waals surface area contributed by atoms with Crippen LogP contribution >= 0.6 is 23.2 Å². The van der Waals surface area contributed by atoms with Crippen molar-refractivity contribution in [2.75, 3.05) is 5.73 Å². The molecule has 0 saturated heterocycles. The molecule has 0 aromatic heterocycles. The first-order chi connectivity index (χ1) is 9.58. The van der Waals surface area contributed by atoms with Crippen LogP contribution in [0.5, 0.6) is 0 Å². The number of nitrogen functional groups attached to an aromatic ring is 1. The van der Waals surface area contributed by atoms with Crippen molar-refractivity contribution in [2.24, 2.45) is 0 Å². The predicted octanol–water partition coefficient (Wildman–Crippen LogP) is 4.42. The molecule has 1 aromatic carbocycles. The fourth-order valence-corrected chi connectivity index (χ4v) is 3.07. The van der Waals surface area contributed by atoms with Crippen LogP contribution in [0, 0.1) is 0 Å². The third-order valence-corrected chi connectivity index (χ3v) is 4.41. The average Bonchev–Trinajstić information content (AvgIpc) is 2.38. The van der Waals surface area contributed by atoms with Gasteiger partial charge in [-0.05, 0) is 25.0 Å². The lowest BCUT2D eigenvalue weighted by molar-refractivity contribution is 0.0930. The van der Waals surface area contributed by atoms with E-state index in [0.29, 0.717) is 21.3 Å². The largest absolute Gasteiger partial charge is 0.396 e. The fraction of sp³-hybridized carbons (Fsp3) is 0.533. The second-order valence-corrected chi connectivity index (χ2v) is 6.18. The molecule has 0 unspecified atom stereocenters. The molecule has 0 bridgehead atoms. The van der Waals surface area contributed by atoms with Gasteiger partial charge in [0.05, 0.1) is 15.7 Å². The molecule has 3 nitrogen and oxygen atoms in total. The summed E-state index contributed by atoms with van der Waals surface area (Å²) in [5.41, 5.74) is 6.46. The molecule has 1 amide bonds. The summed E-state index contributed by atoms with van der Waals surface area (Å²) in [6.07, 6.45) is 8.26. The number of halogens is 2. The summed E-state index contributed by atoms with van der Waals surface area (Å²) in [6, 6.07) is 3.39. The van der Waals surface area contributed by atoms with E-state index in [1.165, 1.54) is 32.1 Å². The molecule has 0 atom stereocenters. The Morgan fingerprint density at radius 1 is 1.05 bits per heavy atom. The predicted molar refractivity (Wildman–Crippen MR) is 84.4 cm³/mol. The molecule has 3 N–H and O–H groups in total. The molecule has 0 spiro atoms. The smallest absolute Gasteiger partial charge is 0.251 e. The van der Waals surface area contributed by atoms with E-state index in [0.717, 1.165) is 12.8 Å². The van der Waals surface area contributed by atoms with Crippen molar-refractivity contribution in [3.8, 4) is 0 Å². The molecule has 0 aliphatic heterocycles. The highest BCUT2D eigenvalue weighted by Gasteiger charge is 2.16. The van der Waals surface area contributed by atoms with Gasteiger partial charge in [0.2, 0.25) is 0 Å². The van der Waals surface area contributed by atoms with Crippen molar-refractivity contribution in [3.63, 3.8) is 0 Å². The number of amides is 1. The highest BCUT2D eigenvalue weighted by Crippen LogP contribution is 2.29. The zero-order chi connectivity index (χ0) is 14.5. The van der Waals surface area contributed by atoms with Gasteiger partial charge in [0.1, 0.15) is 0 Å². The Labute approximate surface area is 129 Å². The lowest BCUT2D eigenvalue weighted by atomic mass is 9.96. The second kappa shape index (κ2) is 7.19. The van der Waals surface area contributed by atoms with Crippen LogP contribution in [0.2, 0.25) is 10.0 Å². The van der Waals surface area contributed by atoms with Crippen molar-refractivity contribution in [1.29, 1.82) is 0 Å². The molecule has 20 heavy (non-hydrogen) atoms. The molecule has 5 heteroatoms. The maximum absolute atomic E-state index is 12.3. The monoisotopic (exact) mass is 314 g/mol. The minimum absolute atomic E-state index is 0.126. The number of nitrogens with one attached hydrogen (secondary N) is 1. The summed E-state index contributed by atoms with van der Waals surface area (Å²) < 4.78 is 0. The summed E-state index contributed by atoms with van der Waals surface area (Å²) in [6.45, 7) is 0. The summed E-state index contributed by atoms with van der Waals surface area (Å²) in [4.78, 5) is 12.3. The summed E-state index contributed by atoms with van der Waals surface area (Å²) in [7, 11) is 0. The Kier molecular flexibility index (Phi) is 5.55. The van der Waals surface area contributed by atoms with Crippen molar-refractivity contribution in [3.05, 3.63) is 27.7 Å². The molecule has 1 aliphatic carbocycles. The number of hydrogen-bond donors (Lipinski definition) is 2. The van der Waals surface area contributed by atoms with Crippen molar-refractivity contribution in [2.45, 2.75) is 51.0 Å². The van der Waals surface area contributed by atoms with E-state index >= 15 is 0 Å². The molecule has 2 rings (SSSR count). The number of carbonyl (C=O) groups excluding carboxylic acids is 1. The van der Waals surface area contributed by atoms with Gasteiger partial charge in [0, 0.05) is 11.6 Å². The van der Waals surface area contributed by atoms with E-state index in [-0.39, 0.29) is 11.9 Å².